The maximum Gasteiger partial charge on any atom is 0.384 e. The smallest absolute Gasteiger partial charge is 0.384 e. The topological polar surface area (TPSA) is 91.6 Å². The van der Waals surface area contributed by atoms with Crippen molar-refractivity contribution >= 4 is 22.8 Å². The van der Waals surface area contributed by atoms with Gasteiger partial charge in [0.2, 0.25) is 0 Å². The molecule has 138 valence electrons. The van der Waals surface area contributed by atoms with Gasteiger partial charge in [-0.1, -0.05) is 6.07 Å². The van der Waals surface area contributed by atoms with Gasteiger partial charge in [0.05, 0.1) is 5.39 Å². The molecule has 1 aliphatic heterocycles. The Hall–Kier alpha value is -3.49. The lowest BCUT2D eigenvalue weighted by molar-refractivity contribution is 0.0746. The first-order valence-corrected chi connectivity index (χ1v) is 8.41. The fourth-order valence-electron chi connectivity index (χ4n) is 3.20. The van der Waals surface area contributed by atoms with E-state index in [1.165, 1.54) is 24.4 Å². The van der Waals surface area contributed by atoms with Crippen LogP contribution in [0.25, 0.3) is 11.0 Å². The Kier molecular flexibility index (Phi) is 4.19. The number of aromatic nitrogens is 3. The van der Waals surface area contributed by atoms with Crippen molar-refractivity contribution in [2.24, 2.45) is 0 Å². The number of hydrogen-bond donors (Lipinski definition) is 1. The van der Waals surface area contributed by atoms with Crippen LogP contribution in [-0.4, -0.2) is 56.9 Å². The largest absolute Gasteiger partial charge is 0.422 e. The predicted octanol–water partition coefficient (Wildman–Crippen LogP) is 1.13. The lowest BCUT2D eigenvalue weighted by atomic mass is 10.1. The molecule has 0 radical (unpaired) electrons. The average Bonchev–Trinajstić information content (AvgIpc) is 2.70. The zero-order valence-corrected chi connectivity index (χ0v) is 14.2. The van der Waals surface area contributed by atoms with E-state index in [9.17, 15) is 19.2 Å². The lowest BCUT2D eigenvalue weighted by Gasteiger charge is -2.35. The van der Waals surface area contributed by atoms with Gasteiger partial charge in [0, 0.05) is 37.9 Å². The Morgan fingerprint density at radius 1 is 1.11 bits per heavy atom. The summed E-state index contributed by atoms with van der Waals surface area (Å²) >= 11 is 0. The molecule has 27 heavy (non-hydrogen) atoms. The monoisotopic (exact) mass is 369 g/mol. The summed E-state index contributed by atoms with van der Waals surface area (Å²) < 4.78 is 13.8. The van der Waals surface area contributed by atoms with Crippen LogP contribution in [0.2, 0.25) is 0 Å². The molecule has 2 aromatic heterocycles. The molecule has 0 saturated carbocycles. The third-order valence-electron chi connectivity index (χ3n) is 4.55. The number of pyridine rings is 1. The molecule has 1 saturated heterocycles. The Morgan fingerprint density at radius 3 is 2.63 bits per heavy atom. The molecular formula is C18H16FN5O3. The highest BCUT2D eigenvalue weighted by molar-refractivity contribution is 5.94. The van der Waals surface area contributed by atoms with Crippen molar-refractivity contribution in [2.45, 2.75) is 0 Å². The second-order valence-electron chi connectivity index (χ2n) is 6.19. The summed E-state index contributed by atoms with van der Waals surface area (Å²) in [7, 11) is 0. The van der Waals surface area contributed by atoms with Crippen LogP contribution in [0.4, 0.5) is 10.2 Å². The summed E-state index contributed by atoms with van der Waals surface area (Å²) in [4.78, 5) is 36.0. The second kappa shape index (κ2) is 6.67. The average molecular weight is 369 g/mol. The summed E-state index contributed by atoms with van der Waals surface area (Å²) in [6.07, 6.45) is 1.48. The lowest BCUT2D eigenvalue weighted by Crippen LogP contribution is -2.49. The van der Waals surface area contributed by atoms with Gasteiger partial charge in [-0.2, -0.15) is 4.98 Å². The molecule has 0 bridgehead atoms. The first-order chi connectivity index (χ1) is 13.0. The van der Waals surface area contributed by atoms with Crippen molar-refractivity contribution in [1.82, 2.24) is 19.6 Å². The molecule has 1 N–H and O–H groups in total. The van der Waals surface area contributed by atoms with E-state index in [1.807, 2.05) is 4.90 Å². The quantitative estimate of drug-likeness (QED) is 0.681. The second-order valence-corrected chi connectivity index (χ2v) is 6.19. The Bertz CT molecular complexity index is 1080. The zero-order chi connectivity index (χ0) is 19.0. The van der Waals surface area contributed by atoms with Crippen molar-refractivity contribution in [3.8, 4) is 0 Å². The number of benzene rings is 1. The first-order valence-electron chi connectivity index (χ1n) is 8.41. The van der Waals surface area contributed by atoms with Crippen LogP contribution in [-0.2, 0) is 0 Å². The fraction of sp³-hybridized carbons (Fsp3) is 0.222. The standard InChI is InChI=1S/C18H16FN5O3/c19-13-4-1-3-12(11-13)17(25)23-9-7-22(8-10-23)16-14-5-2-6-20-15(14)24(27)18(26)21-16/h1-6,11,27H,7-10H2. The molecule has 8 nitrogen and oxygen atoms in total. The van der Waals surface area contributed by atoms with Crippen molar-refractivity contribution in [2.75, 3.05) is 31.1 Å². The Morgan fingerprint density at radius 2 is 1.89 bits per heavy atom. The minimum absolute atomic E-state index is 0.130. The van der Waals surface area contributed by atoms with Crippen LogP contribution in [0.1, 0.15) is 10.4 Å². The van der Waals surface area contributed by atoms with Gasteiger partial charge in [-0.25, -0.2) is 14.2 Å². The molecule has 1 amide bonds. The third kappa shape index (κ3) is 3.07. The highest BCUT2D eigenvalue weighted by Crippen LogP contribution is 2.22. The molecule has 1 fully saturated rings. The van der Waals surface area contributed by atoms with Crippen molar-refractivity contribution in [1.29, 1.82) is 0 Å². The summed E-state index contributed by atoms with van der Waals surface area (Å²) in [5, 5.41) is 10.4. The van der Waals surface area contributed by atoms with E-state index in [1.54, 1.807) is 23.1 Å². The van der Waals surface area contributed by atoms with E-state index in [4.69, 9.17) is 0 Å². The van der Waals surface area contributed by atoms with Gasteiger partial charge in [-0.05, 0) is 30.3 Å². The van der Waals surface area contributed by atoms with Gasteiger partial charge < -0.3 is 15.0 Å². The van der Waals surface area contributed by atoms with Crippen LogP contribution in [0.15, 0.2) is 47.4 Å². The van der Waals surface area contributed by atoms with Gasteiger partial charge in [0.1, 0.15) is 11.6 Å². The number of piperazine rings is 1. The van der Waals surface area contributed by atoms with E-state index < -0.39 is 11.5 Å². The van der Waals surface area contributed by atoms with Gasteiger partial charge in [0.15, 0.2) is 5.65 Å². The van der Waals surface area contributed by atoms with Crippen LogP contribution in [0.5, 0.6) is 0 Å². The summed E-state index contributed by atoms with van der Waals surface area (Å²) in [5.74, 6) is -0.266. The molecule has 0 unspecified atom stereocenters. The number of carbonyl (C=O) groups is 1. The number of rotatable bonds is 2. The predicted molar refractivity (Wildman–Crippen MR) is 95.5 cm³/mol. The van der Waals surface area contributed by atoms with Gasteiger partial charge in [-0.15, -0.1) is 4.73 Å². The molecule has 0 aliphatic carbocycles. The highest BCUT2D eigenvalue weighted by Gasteiger charge is 2.25. The molecule has 3 aromatic rings. The Labute approximate surface area is 153 Å². The number of fused-ring (bicyclic) bond motifs is 1. The van der Waals surface area contributed by atoms with E-state index >= 15 is 0 Å². The number of amides is 1. The first kappa shape index (κ1) is 17.0. The van der Waals surface area contributed by atoms with Gasteiger partial charge in [0.25, 0.3) is 5.91 Å². The minimum Gasteiger partial charge on any atom is -0.422 e. The zero-order valence-electron chi connectivity index (χ0n) is 14.2. The van der Waals surface area contributed by atoms with E-state index in [0.29, 0.717) is 47.7 Å². The number of hydrogen-bond acceptors (Lipinski definition) is 6. The molecular weight excluding hydrogens is 353 g/mol. The maximum absolute atomic E-state index is 13.4. The molecule has 0 spiro atoms. The third-order valence-corrected chi connectivity index (χ3v) is 4.55. The SMILES string of the molecule is O=C(c1cccc(F)c1)N1CCN(c2nc(=O)n(O)c3ncccc23)CC1. The number of anilines is 1. The number of carbonyl (C=O) groups excluding carboxylic acids is 1. The van der Waals surface area contributed by atoms with Crippen molar-refractivity contribution in [3.63, 3.8) is 0 Å². The summed E-state index contributed by atoms with van der Waals surface area (Å²) in [5.41, 5.74) is -0.376. The van der Waals surface area contributed by atoms with Crippen LogP contribution < -0.4 is 10.6 Å². The Balaban J connectivity index is 1.57. The molecule has 0 atom stereocenters. The van der Waals surface area contributed by atoms with Crippen molar-refractivity contribution < 1.29 is 14.4 Å². The van der Waals surface area contributed by atoms with Gasteiger partial charge >= 0.3 is 5.69 Å². The molecule has 1 aromatic carbocycles. The van der Waals surface area contributed by atoms with Crippen molar-refractivity contribution in [3.05, 3.63) is 64.5 Å². The summed E-state index contributed by atoms with van der Waals surface area (Å²) in [6.45, 7) is 1.71. The van der Waals surface area contributed by atoms with Crippen LogP contribution in [0.3, 0.4) is 0 Å². The molecule has 1 aliphatic rings. The summed E-state index contributed by atoms with van der Waals surface area (Å²) in [6, 6.07) is 9.02. The van der Waals surface area contributed by atoms with E-state index in [2.05, 4.69) is 9.97 Å². The normalized spacial score (nSPS) is 14.6. The maximum atomic E-state index is 13.4. The minimum atomic E-state index is -0.811. The van der Waals surface area contributed by atoms with E-state index in [-0.39, 0.29) is 11.6 Å². The van der Waals surface area contributed by atoms with Crippen LogP contribution in [0, 0.1) is 5.82 Å². The van der Waals surface area contributed by atoms with E-state index in [0.717, 1.165) is 0 Å². The molecule has 4 rings (SSSR count). The molecule has 3 heterocycles. The van der Waals surface area contributed by atoms with Crippen LogP contribution >= 0.6 is 0 Å². The fourth-order valence-corrected chi connectivity index (χ4v) is 3.20. The molecule has 9 heteroatoms. The number of halogens is 1. The highest BCUT2D eigenvalue weighted by atomic mass is 19.1. The number of nitrogens with zero attached hydrogens (tertiary/aromatic N) is 5. The van der Waals surface area contributed by atoms with Gasteiger partial charge in [-0.3, -0.25) is 4.79 Å².